The summed E-state index contributed by atoms with van der Waals surface area (Å²) in [5.74, 6) is 4.70. The zero-order valence-electron chi connectivity index (χ0n) is 10.4. The predicted molar refractivity (Wildman–Crippen MR) is 66.9 cm³/mol. The third-order valence-electron chi connectivity index (χ3n) is 2.75. The number of benzene rings is 1. The standard InChI is InChI=1S/C13H14F2N4/c1-8-6-17-13(18-7-8)12(19-16)4-9-2-3-10(14)5-11(9)15/h2-3,5-7,12,19H,4,16H2,1H3. The molecule has 19 heavy (non-hydrogen) atoms. The van der Waals surface area contributed by atoms with Gasteiger partial charge >= 0.3 is 0 Å². The Bertz CT molecular complexity index is 557. The molecular weight excluding hydrogens is 250 g/mol. The van der Waals surface area contributed by atoms with Gasteiger partial charge in [-0.2, -0.15) is 0 Å². The number of aromatic nitrogens is 2. The van der Waals surface area contributed by atoms with Crippen LogP contribution < -0.4 is 11.3 Å². The number of rotatable bonds is 4. The predicted octanol–water partition coefficient (Wildman–Crippen LogP) is 1.81. The van der Waals surface area contributed by atoms with Gasteiger partial charge in [-0.05, 0) is 30.5 Å². The van der Waals surface area contributed by atoms with Gasteiger partial charge in [-0.15, -0.1) is 0 Å². The summed E-state index contributed by atoms with van der Waals surface area (Å²) in [5, 5.41) is 0. The van der Waals surface area contributed by atoms with Gasteiger partial charge in [-0.1, -0.05) is 6.07 Å². The van der Waals surface area contributed by atoms with Gasteiger partial charge in [-0.3, -0.25) is 5.84 Å². The van der Waals surface area contributed by atoms with Crippen molar-refractivity contribution in [2.24, 2.45) is 5.84 Å². The van der Waals surface area contributed by atoms with Gasteiger partial charge < -0.3 is 0 Å². The van der Waals surface area contributed by atoms with E-state index in [4.69, 9.17) is 5.84 Å². The van der Waals surface area contributed by atoms with E-state index in [1.807, 2.05) is 6.92 Å². The lowest BCUT2D eigenvalue weighted by atomic mass is 10.0. The van der Waals surface area contributed by atoms with Gasteiger partial charge in [0.2, 0.25) is 0 Å². The summed E-state index contributed by atoms with van der Waals surface area (Å²) in [6.45, 7) is 1.87. The van der Waals surface area contributed by atoms with Crippen LogP contribution in [-0.4, -0.2) is 9.97 Å². The molecule has 2 rings (SSSR count). The number of halogens is 2. The molecule has 0 saturated heterocycles. The quantitative estimate of drug-likeness (QED) is 0.653. The molecule has 1 unspecified atom stereocenters. The molecule has 0 aliphatic heterocycles. The fraction of sp³-hybridized carbons (Fsp3) is 0.231. The van der Waals surface area contributed by atoms with E-state index in [0.717, 1.165) is 11.6 Å². The summed E-state index contributed by atoms with van der Waals surface area (Å²) in [7, 11) is 0. The molecule has 100 valence electrons. The number of aryl methyl sites for hydroxylation is 1. The van der Waals surface area contributed by atoms with E-state index < -0.39 is 17.7 Å². The van der Waals surface area contributed by atoms with Crippen molar-refractivity contribution in [1.82, 2.24) is 15.4 Å². The van der Waals surface area contributed by atoms with Crippen LogP contribution in [0.4, 0.5) is 8.78 Å². The van der Waals surface area contributed by atoms with Crippen molar-refractivity contribution in [1.29, 1.82) is 0 Å². The maximum Gasteiger partial charge on any atom is 0.146 e. The summed E-state index contributed by atoms with van der Waals surface area (Å²) in [4.78, 5) is 8.29. The minimum Gasteiger partial charge on any atom is -0.271 e. The van der Waals surface area contributed by atoms with Gasteiger partial charge in [0, 0.05) is 18.5 Å². The third-order valence-corrected chi connectivity index (χ3v) is 2.75. The van der Waals surface area contributed by atoms with Crippen LogP contribution in [0.15, 0.2) is 30.6 Å². The van der Waals surface area contributed by atoms with Crippen LogP contribution in [-0.2, 0) is 6.42 Å². The van der Waals surface area contributed by atoms with Crippen molar-refractivity contribution < 1.29 is 8.78 Å². The first-order valence-corrected chi connectivity index (χ1v) is 5.78. The van der Waals surface area contributed by atoms with Gasteiger partial charge in [0.25, 0.3) is 0 Å². The Morgan fingerprint density at radius 3 is 2.53 bits per heavy atom. The number of nitrogens with zero attached hydrogens (tertiary/aromatic N) is 2. The highest BCUT2D eigenvalue weighted by molar-refractivity contribution is 5.20. The second-order valence-electron chi connectivity index (χ2n) is 4.28. The monoisotopic (exact) mass is 264 g/mol. The van der Waals surface area contributed by atoms with Crippen LogP contribution in [0.3, 0.4) is 0 Å². The van der Waals surface area contributed by atoms with Gasteiger partial charge in [0.1, 0.15) is 17.5 Å². The van der Waals surface area contributed by atoms with Crippen molar-refractivity contribution in [2.45, 2.75) is 19.4 Å². The third kappa shape index (κ3) is 3.30. The van der Waals surface area contributed by atoms with E-state index in [2.05, 4.69) is 15.4 Å². The Labute approximate surface area is 109 Å². The van der Waals surface area contributed by atoms with Crippen molar-refractivity contribution in [3.63, 3.8) is 0 Å². The average Bonchev–Trinajstić information content (AvgIpc) is 2.39. The Kier molecular flexibility index (Phi) is 4.13. The topological polar surface area (TPSA) is 63.8 Å². The zero-order chi connectivity index (χ0) is 13.8. The minimum absolute atomic E-state index is 0.242. The number of hydrazine groups is 1. The smallest absolute Gasteiger partial charge is 0.146 e. The van der Waals surface area contributed by atoms with E-state index in [1.54, 1.807) is 12.4 Å². The first-order valence-electron chi connectivity index (χ1n) is 5.78. The van der Waals surface area contributed by atoms with Crippen LogP contribution in [0.1, 0.15) is 23.0 Å². The largest absolute Gasteiger partial charge is 0.271 e. The number of hydrogen-bond donors (Lipinski definition) is 2. The number of nitrogens with one attached hydrogen (secondary N) is 1. The number of hydrogen-bond acceptors (Lipinski definition) is 4. The summed E-state index contributed by atoms with van der Waals surface area (Å²) < 4.78 is 26.4. The fourth-order valence-electron chi connectivity index (χ4n) is 1.71. The molecule has 0 fully saturated rings. The molecular formula is C13H14F2N4. The van der Waals surface area contributed by atoms with E-state index >= 15 is 0 Å². The summed E-state index contributed by atoms with van der Waals surface area (Å²) in [6.07, 6.45) is 3.56. The van der Waals surface area contributed by atoms with Crippen LogP contribution in [0.5, 0.6) is 0 Å². The van der Waals surface area contributed by atoms with E-state index in [0.29, 0.717) is 11.4 Å². The Balaban J connectivity index is 2.21. The lowest BCUT2D eigenvalue weighted by molar-refractivity contribution is 0.502. The summed E-state index contributed by atoms with van der Waals surface area (Å²) in [5.41, 5.74) is 3.82. The second-order valence-corrected chi connectivity index (χ2v) is 4.28. The molecule has 1 aromatic carbocycles. The molecule has 0 bridgehead atoms. The molecule has 0 spiro atoms. The fourth-order valence-corrected chi connectivity index (χ4v) is 1.71. The molecule has 6 heteroatoms. The SMILES string of the molecule is Cc1cnc(C(Cc2ccc(F)cc2F)NN)nc1. The highest BCUT2D eigenvalue weighted by atomic mass is 19.1. The average molecular weight is 264 g/mol. The molecule has 1 atom stereocenters. The van der Waals surface area contributed by atoms with Crippen molar-refractivity contribution >= 4 is 0 Å². The zero-order valence-corrected chi connectivity index (χ0v) is 10.4. The van der Waals surface area contributed by atoms with E-state index in [-0.39, 0.29) is 6.42 Å². The summed E-state index contributed by atoms with van der Waals surface area (Å²) >= 11 is 0. The Hall–Kier alpha value is -1.92. The number of nitrogens with two attached hydrogens (primary N) is 1. The minimum atomic E-state index is -0.606. The summed E-state index contributed by atoms with van der Waals surface area (Å²) in [6, 6.07) is 3.02. The lowest BCUT2D eigenvalue weighted by Crippen LogP contribution is -2.31. The molecule has 4 nitrogen and oxygen atoms in total. The lowest BCUT2D eigenvalue weighted by Gasteiger charge is -2.15. The van der Waals surface area contributed by atoms with E-state index in [1.165, 1.54) is 12.1 Å². The van der Waals surface area contributed by atoms with Crippen LogP contribution >= 0.6 is 0 Å². The first kappa shape index (κ1) is 13.5. The molecule has 3 N–H and O–H groups in total. The van der Waals surface area contributed by atoms with Crippen LogP contribution in [0.25, 0.3) is 0 Å². The maximum absolute atomic E-state index is 13.6. The molecule has 0 aliphatic carbocycles. The molecule has 0 amide bonds. The van der Waals surface area contributed by atoms with E-state index in [9.17, 15) is 8.78 Å². The van der Waals surface area contributed by atoms with Crippen molar-refractivity contribution in [3.8, 4) is 0 Å². The first-order chi connectivity index (χ1) is 9.10. The Morgan fingerprint density at radius 2 is 1.95 bits per heavy atom. The molecule has 0 saturated carbocycles. The van der Waals surface area contributed by atoms with Gasteiger partial charge in [-0.25, -0.2) is 24.2 Å². The normalized spacial score (nSPS) is 12.4. The van der Waals surface area contributed by atoms with Crippen molar-refractivity contribution in [2.75, 3.05) is 0 Å². The van der Waals surface area contributed by atoms with Gasteiger partial charge in [0.05, 0.1) is 6.04 Å². The molecule has 2 aromatic rings. The molecule has 1 heterocycles. The highest BCUT2D eigenvalue weighted by Gasteiger charge is 2.16. The van der Waals surface area contributed by atoms with Crippen LogP contribution in [0, 0.1) is 18.6 Å². The maximum atomic E-state index is 13.6. The highest BCUT2D eigenvalue weighted by Crippen LogP contribution is 2.17. The molecule has 1 aromatic heterocycles. The van der Waals surface area contributed by atoms with Gasteiger partial charge in [0.15, 0.2) is 0 Å². The molecule has 0 aliphatic rings. The molecule has 0 radical (unpaired) electrons. The van der Waals surface area contributed by atoms with Crippen LogP contribution in [0.2, 0.25) is 0 Å². The second kappa shape index (κ2) is 5.81. The van der Waals surface area contributed by atoms with Crippen molar-refractivity contribution in [3.05, 3.63) is 59.2 Å². The Morgan fingerprint density at radius 1 is 1.26 bits per heavy atom.